The molecule has 0 aliphatic carbocycles. The zero-order valence-corrected chi connectivity index (χ0v) is 16.3. The molecule has 0 aliphatic rings. The molecule has 0 spiro atoms. The van der Waals surface area contributed by atoms with Gasteiger partial charge in [0.25, 0.3) is 5.91 Å². The number of hydrogen-bond donors (Lipinski definition) is 0. The first-order valence-electron chi connectivity index (χ1n) is 8.38. The minimum absolute atomic E-state index is 0.0768. The van der Waals surface area contributed by atoms with E-state index in [1.54, 1.807) is 36.3 Å². The Kier molecular flexibility index (Phi) is 6.37. The smallest absolute Gasteiger partial charge is 0.260 e. The number of ether oxygens (including phenoxy) is 1. The SMILES string of the molecule is CN(Cc1cnn(Cc2ccccc2)c1)C(=O)COc1ccc(Cl)c(Cl)c1. The summed E-state index contributed by atoms with van der Waals surface area (Å²) in [7, 11) is 1.73. The highest BCUT2D eigenvalue weighted by atomic mass is 35.5. The predicted molar refractivity (Wildman–Crippen MR) is 106 cm³/mol. The lowest BCUT2D eigenvalue weighted by atomic mass is 10.2. The molecule has 0 bridgehead atoms. The summed E-state index contributed by atoms with van der Waals surface area (Å²) in [6.07, 6.45) is 3.71. The number of amides is 1. The molecule has 5 nitrogen and oxygen atoms in total. The van der Waals surface area contributed by atoms with Crippen LogP contribution in [0.2, 0.25) is 10.0 Å². The van der Waals surface area contributed by atoms with E-state index in [0.717, 1.165) is 5.56 Å². The van der Waals surface area contributed by atoms with Crippen LogP contribution in [-0.2, 0) is 17.9 Å². The van der Waals surface area contributed by atoms with Crippen molar-refractivity contribution in [2.75, 3.05) is 13.7 Å². The molecule has 2 aromatic carbocycles. The fraction of sp³-hybridized carbons (Fsp3) is 0.200. The first-order valence-corrected chi connectivity index (χ1v) is 9.14. The van der Waals surface area contributed by atoms with Crippen LogP contribution in [0.25, 0.3) is 0 Å². The van der Waals surface area contributed by atoms with Gasteiger partial charge >= 0.3 is 0 Å². The number of benzene rings is 2. The highest BCUT2D eigenvalue weighted by Crippen LogP contribution is 2.26. The highest BCUT2D eigenvalue weighted by molar-refractivity contribution is 6.42. The molecular weight excluding hydrogens is 385 g/mol. The van der Waals surface area contributed by atoms with E-state index in [4.69, 9.17) is 27.9 Å². The van der Waals surface area contributed by atoms with Crippen LogP contribution in [0.1, 0.15) is 11.1 Å². The Morgan fingerprint density at radius 3 is 2.63 bits per heavy atom. The lowest BCUT2D eigenvalue weighted by Gasteiger charge is -2.16. The monoisotopic (exact) mass is 403 g/mol. The molecule has 0 aliphatic heterocycles. The molecule has 140 valence electrons. The first-order chi connectivity index (χ1) is 13.0. The average Bonchev–Trinajstić information content (AvgIpc) is 3.10. The fourth-order valence-electron chi connectivity index (χ4n) is 2.53. The maximum absolute atomic E-state index is 12.3. The van der Waals surface area contributed by atoms with Crippen LogP contribution in [-0.4, -0.2) is 34.2 Å². The second-order valence-corrected chi connectivity index (χ2v) is 6.96. The van der Waals surface area contributed by atoms with Crippen LogP contribution >= 0.6 is 23.2 Å². The summed E-state index contributed by atoms with van der Waals surface area (Å²) in [6, 6.07) is 15.0. The molecule has 0 saturated heterocycles. The van der Waals surface area contributed by atoms with Crippen molar-refractivity contribution < 1.29 is 9.53 Å². The Morgan fingerprint density at radius 1 is 1.11 bits per heavy atom. The van der Waals surface area contributed by atoms with Crippen molar-refractivity contribution in [2.45, 2.75) is 13.1 Å². The third-order valence-electron chi connectivity index (χ3n) is 3.97. The molecule has 0 atom stereocenters. The maximum Gasteiger partial charge on any atom is 0.260 e. The quantitative estimate of drug-likeness (QED) is 0.591. The third-order valence-corrected chi connectivity index (χ3v) is 4.71. The van der Waals surface area contributed by atoms with Gasteiger partial charge in [-0.1, -0.05) is 53.5 Å². The van der Waals surface area contributed by atoms with Crippen molar-refractivity contribution in [1.82, 2.24) is 14.7 Å². The predicted octanol–water partition coefficient (Wildman–Crippen LogP) is 4.28. The lowest BCUT2D eigenvalue weighted by molar-refractivity contribution is -0.132. The summed E-state index contributed by atoms with van der Waals surface area (Å²) in [5.74, 6) is 0.360. The molecule has 3 rings (SSSR count). The summed E-state index contributed by atoms with van der Waals surface area (Å²) in [4.78, 5) is 13.9. The highest BCUT2D eigenvalue weighted by Gasteiger charge is 2.12. The van der Waals surface area contributed by atoms with Gasteiger partial charge in [-0.25, -0.2) is 0 Å². The standard InChI is InChI=1S/C20H19Cl2N3O2/c1-24(20(26)14-27-17-7-8-18(21)19(22)9-17)11-16-10-23-25(13-16)12-15-5-3-2-4-6-15/h2-10,13H,11-12,14H2,1H3. The van der Waals surface area contributed by atoms with Gasteiger partial charge in [0.15, 0.2) is 6.61 Å². The number of nitrogens with zero attached hydrogens (tertiary/aromatic N) is 3. The van der Waals surface area contributed by atoms with Crippen LogP contribution in [0.15, 0.2) is 60.9 Å². The van der Waals surface area contributed by atoms with Crippen molar-refractivity contribution in [3.63, 3.8) is 0 Å². The van der Waals surface area contributed by atoms with E-state index >= 15 is 0 Å². The summed E-state index contributed by atoms with van der Waals surface area (Å²) in [5, 5.41) is 5.19. The Morgan fingerprint density at radius 2 is 1.89 bits per heavy atom. The van der Waals surface area contributed by atoms with Gasteiger partial charge in [0.05, 0.1) is 22.8 Å². The summed E-state index contributed by atoms with van der Waals surface area (Å²) in [5.41, 5.74) is 2.13. The second-order valence-electron chi connectivity index (χ2n) is 6.15. The van der Waals surface area contributed by atoms with Crippen molar-refractivity contribution in [3.8, 4) is 5.75 Å². The van der Waals surface area contributed by atoms with Crippen LogP contribution in [0.3, 0.4) is 0 Å². The van der Waals surface area contributed by atoms with Gasteiger partial charge < -0.3 is 9.64 Å². The lowest BCUT2D eigenvalue weighted by Crippen LogP contribution is -2.30. The topological polar surface area (TPSA) is 47.4 Å². The summed E-state index contributed by atoms with van der Waals surface area (Å²) < 4.78 is 7.35. The Hall–Kier alpha value is -2.50. The molecule has 0 unspecified atom stereocenters. The van der Waals surface area contributed by atoms with E-state index in [1.165, 1.54) is 5.56 Å². The number of aromatic nitrogens is 2. The zero-order chi connectivity index (χ0) is 19.2. The van der Waals surface area contributed by atoms with Crippen LogP contribution in [0, 0.1) is 0 Å². The van der Waals surface area contributed by atoms with E-state index in [9.17, 15) is 4.79 Å². The second kappa shape index (κ2) is 8.93. The summed E-state index contributed by atoms with van der Waals surface area (Å²) in [6.45, 7) is 1.07. The van der Waals surface area contributed by atoms with Gasteiger partial charge in [0.2, 0.25) is 0 Å². The minimum atomic E-state index is -0.142. The van der Waals surface area contributed by atoms with E-state index in [1.807, 2.05) is 29.1 Å². The van der Waals surface area contributed by atoms with Gasteiger partial charge in [-0.3, -0.25) is 9.48 Å². The molecule has 0 saturated carbocycles. The molecule has 3 aromatic rings. The minimum Gasteiger partial charge on any atom is -0.484 e. The number of likely N-dealkylation sites (N-methyl/N-ethyl adjacent to an activating group) is 1. The molecule has 0 radical (unpaired) electrons. The third kappa shape index (κ3) is 5.49. The molecule has 0 N–H and O–H groups in total. The van der Waals surface area contributed by atoms with Gasteiger partial charge in [-0.05, 0) is 17.7 Å². The van der Waals surface area contributed by atoms with Crippen LogP contribution in [0.4, 0.5) is 0 Å². The fourth-order valence-corrected chi connectivity index (χ4v) is 2.82. The van der Waals surface area contributed by atoms with Gasteiger partial charge in [-0.15, -0.1) is 0 Å². The molecule has 7 heteroatoms. The Labute approximate surface area is 168 Å². The maximum atomic E-state index is 12.3. The molecule has 27 heavy (non-hydrogen) atoms. The van der Waals surface area contributed by atoms with Crippen LogP contribution in [0.5, 0.6) is 5.75 Å². The number of carbonyl (C=O) groups excluding carboxylic acids is 1. The van der Waals surface area contributed by atoms with E-state index in [2.05, 4.69) is 17.2 Å². The normalized spacial score (nSPS) is 10.6. The van der Waals surface area contributed by atoms with E-state index < -0.39 is 0 Å². The van der Waals surface area contributed by atoms with Crippen molar-refractivity contribution in [3.05, 3.63) is 82.1 Å². The molecule has 1 amide bonds. The largest absolute Gasteiger partial charge is 0.484 e. The van der Waals surface area contributed by atoms with E-state index in [0.29, 0.717) is 28.9 Å². The van der Waals surface area contributed by atoms with Gasteiger partial charge in [0.1, 0.15) is 5.75 Å². The number of halogens is 2. The molecular formula is C20H19Cl2N3O2. The Balaban J connectivity index is 1.51. The van der Waals surface area contributed by atoms with Gasteiger partial charge in [0, 0.05) is 31.4 Å². The average molecular weight is 404 g/mol. The van der Waals surface area contributed by atoms with E-state index in [-0.39, 0.29) is 12.5 Å². The summed E-state index contributed by atoms with van der Waals surface area (Å²) >= 11 is 11.8. The van der Waals surface area contributed by atoms with Crippen LogP contribution < -0.4 is 4.74 Å². The zero-order valence-electron chi connectivity index (χ0n) is 14.8. The molecule has 1 heterocycles. The van der Waals surface area contributed by atoms with Crippen molar-refractivity contribution in [2.24, 2.45) is 0 Å². The number of carbonyl (C=O) groups is 1. The molecule has 1 aromatic heterocycles. The molecule has 0 fully saturated rings. The number of hydrogen-bond acceptors (Lipinski definition) is 3. The van der Waals surface area contributed by atoms with Gasteiger partial charge in [-0.2, -0.15) is 5.10 Å². The Bertz CT molecular complexity index is 913. The van der Waals surface area contributed by atoms with Crippen molar-refractivity contribution >= 4 is 29.1 Å². The number of rotatable bonds is 7. The first kappa shape index (κ1) is 19.3. The van der Waals surface area contributed by atoms with Crippen molar-refractivity contribution in [1.29, 1.82) is 0 Å².